The summed E-state index contributed by atoms with van der Waals surface area (Å²) in [5, 5.41) is 9.78. The molecule has 4 N–H and O–H groups in total. The van der Waals surface area contributed by atoms with Crippen LogP contribution in [0.1, 0.15) is 46.7 Å². The summed E-state index contributed by atoms with van der Waals surface area (Å²) in [5.41, 5.74) is 7.02. The lowest BCUT2D eigenvalue weighted by molar-refractivity contribution is -0.117. The molecule has 1 heterocycles. The number of nitrogens with two attached hydrogens (primary N) is 1. The second kappa shape index (κ2) is 6.19. The van der Waals surface area contributed by atoms with Crippen molar-refractivity contribution in [3.05, 3.63) is 11.8 Å². The number of H-pyrrole nitrogens is 1. The average Bonchev–Trinajstić information content (AvgIpc) is 2.61. The van der Waals surface area contributed by atoms with Gasteiger partial charge in [0, 0.05) is 11.8 Å². The molecule has 1 rings (SSSR count). The number of anilines is 1. The van der Waals surface area contributed by atoms with E-state index in [2.05, 4.69) is 36.3 Å². The van der Waals surface area contributed by atoms with Crippen LogP contribution < -0.4 is 11.1 Å². The van der Waals surface area contributed by atoms with Gasteiger partial charge in [-0.15, -0.1) is 0 Å². The maximum absolute atomic E-state index is 11.9. The number of nitrogens with zero attached hydrogens (tertiary/aromatic N) is 1. The van der Waals surface area contributed by atoms with E-state index in [0.29, 0.717) is 18.2 Å². The van der Waals surface area contributed by atoms with Crippen molar-refractivity contribution in [3.63, 3.8) is 0 Å². The summed E-state index contributed by atoms with van der Waals surface area (Å²) in [6.45, 7) is 10.6. The van der Waals surface area contributed by atoms with Gasteiger partial charge in [0.15, 0.2) is 5.82 Å². The van der Waals surface area contributed by atoms with Gasteiger partial charge in [-0.05, 0) is 24.2 Å². The lowest BCUT2D eigenvalue weighted by Crippen LogP contribution is -2.36. The minimum absolute atomic E-state index is 0.178. The highest BCUT2D eigenvalue weighted by molar-refractivity contribution is 5.93. The Morgan fingerprint density at radius 2 is 2.11 bits per heavy atom. The third-order valence-corrected chi connectivity index (χ3v) is 2.67. The average molecular weight is 266 g/mol. The zero-order chi connectivity index (χ0) is 14.6. The van der Waals surface area contributed by atoms with Gasteiger partial charge in [0.1, 0.15) is 0 Å². The molecule has 0 fully saturated rings. The first-order valence-corrected chi connectivity index (χ1v) is 6.78. The maximum atomic E-state index is 11.9. The van der Waals surface area contributed by atoms with Gasteiger partial charge < -0.3 is 11.1 Å². The van der Waals surface area contributed by atoms with Gasteiger partial charge >= 0.3 is 0 Å². The van der Waals surface area contributed by atoms with Crippen molar-refractivity contribution in [1.29, 1.82) is 0 Å². The van der Waals surface area contributed by atoms with Crippen LogP contribution in [-0.2, 0) is 11.2 Å². The number of nitrogens with one attached hydrogen (secondary N) is 2. The Kier molecular flexibility index (Phi) is 5.11. The van der Waals surface area contributed by atoms with Gasteiger partial charge in [0.2, 0.25) is 5.91 Å². The molecule has 0 aliphatic rings. The molecule has 0 aliphatic carbocycles. The van der Waals surface area contributed by atoms with E-state index < -0.39 is 6.04 Å². The standard InChI is InChI=1S/C14H26N4O/c1-9(2)6-11(15)13(19)16-12-7-10(17-18-12)8-14(3,4)5/h7,9,11H,6,8,15H2,1-5H3,(H2,16,17,18,19)/t11-/m0/s1. The Bertz CT molecular complexity index is 417. The maximum Gasteiger partial charge on any atom is 0.242 e. The second-order valence-corrected chi connectivity index (χ2v) is 6.74. The first kappa shape index (κ1) is 15.7. The quantitative estimate of drug-likeness (QED) is 0.764. The van der Waals surface area contributed by atoms with Crippen LogP contribution in [0.25, 0.3) is 0 Å². The molecule has 5 nitrogen and oxygen atoms in total. The van der Waals surface area contributed by atoms with E-state index in [-0.39, 0.29) is 11.3 Å². The predicted molar refractivity (Wildman–Crippen MR) is 77.8 cm³/mol. The van der Waals surface area contributed by atoms with Gasteiger partial charge in [-0.25, -0.2) is 0 Å². The summed E-state index contributed by atoms with van der Waals surface area (Å²) in [6, 6.07) is 1.38. The van der Waals surface area contributed by atoms with Gasteiger partial charge in [-0.2, -0.15) is 5.10 Å². The molecule has 1 aromatic rings. The molecule has 1 aromatic heterocycles. The first-order valence-electron chi connectivity index (χ1n) is 6.78. The molecule has 19 heavy (non-hydrogen) atoms. The van der Waals surface area contributed by atoms with E-state index in [4.69, 9.17) is 5.73 Å². The van der Waals surface area contributed by atoms with E-state index in [0.717, 1.165) is 12.1 Å². The topological polar surface area (TPSA) is 83.8 Å². The van der Waals surface area contributed by atoms with E-state index >= 15 is 0 Å². The molecule has 0 bridgehead atoms. The molecule has 5 heteroatoms. The second-order valence-electron chi connectivity index (χ2n) is 6.74. The Balaban J connectivity index is 2.56. The molecule has 1 amide bonds. The van der Waals surface area contributed by atoms with Crippen LogP contribution in [0, 0.1) is 11.3 Å². The van der Waals surface area contributed by atoms with Crippen LogP contribution in [0.4, 0.5) is 5.82 Å². The van der Waals surface area contributed by atoms with Gasteiger partial charge in [-0.3, -0.25) is 9.89 Å². The van der Waals surface area contributed by atoms with E-state index in [1.165, 1.54) is 0 Å². The van der Waals surface area contributed by atoms with Gasteiger partial charge in [0.25, 0.3) is 0 Å². The summed E-state index contributed by atoms with van der Waals surface area (Å²) in [5.74, 6) is 0.766. The Morgan fingerprint density at radius 3 is 2.63 bits per heavy atom. The van der Waals surface area contributed by atoms with Crippen LogP contribution >= 0.6 is 0 Å². The number of rotatable bonds is 5. The van der Waals surface area contributed by atoms with Crippen LogP contribution in [-0.4, -0.2) is 22.1 Å². The van der Waals surface area contributed by atoms with Crippen LogP contribution in [0.3, 0.4) is 0 Å². The number of aromatic nitrogens is 2. The number of hydrogen-bond acceptors (Lipinski definition) is 3. The Morgan fingerprint density at radius 1 is 1.47 bits per heavy atom. The smallest absolute Gasteiger partial charge is 0.242 e. The van der Waals surface area contributed by atoms with Gasteiger partial charge in [0.05, 0.1) is 6.04 Å². The van der Waals surface area contributed by atoms with E-state index in [1.54, 1.807) is 0 Å². The number of hydrogen-bond donors (Lipinski definition) is 3. The zero-order valence-electron chi connectivity index (χ0n) is 12.6. The summed E-state index contributed by atoms with van der Waals surface area (Å²) in [4.78, 5) is 11.9. The molecule has 1 atom stereocenters. The molecule has 0 saturated carbocycles. The zero-order valence-corrected chi connectivity index (χ0v) is 12.6. The fraction of sp³-hybridized carbons (Fsp3) is 0.714. The highest BCUT2D eigenvalue weighted by atomic mass is 16.2. The number of amides is 1. The van der Waals surface area contributed by atoms with Crippen LogP contribution in [0.5, 0.6) is 0 Å². The SMILES string of the molecule is CC(C)C[C@H](N)C(=O)Nc1cc(CC(C)(C)C)[nH]n1. The Hall–Kier alpha value is -1.36. The lowest BCUT2D eigenvalue weighted by Gasteiger charge is -2.15. The van der Waals surface area contributed by atoms with Crippen molar-refractivity contribution in [1.82, 2.24) is 10.2 Å². The summed E-state index contributed by atoms with van der Waals surface area (Å²) >= 11 is 0. The summed E-state index contributed by atoms with van der Waals surface area (Å²) in [6.07, 6.45) is 1.55. The summed E-state index contributed by atoms with van der Waals surface area (Å²) < 4.78 is 0. The van der Waals surface area contributed by atoms with E-state index in [1.807, 2.05) is 19.9 Å². The van der Waals surface area contributed by atoms with Crippen molar-refractivity contribution < 1.29 is 4.79 Å². The molecule has 0 aliphatic heterocycles. The molecule has 0 aromatic carbocycles. The Labute approximate surface area is 115 Å². The van der Waals surface area contributed by atoms with Crippen molar-refractivity contribution >= 4 is 11.7 Å². The molecule has 108 valence electrons. The van der Waals surface area contributed by atoms with Gasteiger partial charge in [-0.1, -0.05) is 34.6 Å². The molecule has 0 saturated heterocycles. The first-order chi connectivity index (χ1) is 8.67. The minimum atomic E-state index is -0.484. The monoisotopic (exact) mass is 266 g/mol. The fourth-order valence-electron chi connectivity index (χ4n) is 1.92. The van der Waals surface area contributed by atoms with Crippen molar-refractivity contribution in [3.8, 4) is 0 Å². The number of carbonyl (C=O) groups excluding carboxylic acids is 1. The minimum Gasteiger partial charge on any atom is -0.320 e. The number of carbonyl (C=O) groups is 1. The van der Waals surface area contributed by atoms with Crippen molar-refractivity contribution in [2.24, 2.45) is 17.1 Å². The molecule has 0 radical (unpaired) electrons. The normalized spacial score (nSPS) is 13.6. The third-order valence-electron chi connectivity index (χ3n) is 2.67. The largest absolute Gasteiger partial charge is 0.320 e. The van der Waals surface area contributed by atoms with Crippen molar-refractivity contribution in [2.45, 2.75) is 53.5 Å². The molecule has 0 unspecified atom stereocenters. The number of aromatic amines is 1. The molecular weight excluding hydrogens is 240 g/mol. The molecular formula is C14H26N4O. The summed E-state index contributed by atoms with van der Waals surface area (Å²) in [7, 11) is 0. The highest BCUT2D eigenvalue weighted by Crippen LogP contribution is 2.20. The lowest BCUT2D eigenvalue weighted by atomic mass is 9.91. The highest BCUT2D eigenvalue weighted by Gasteiger charge is 2.17. The van der Waals surface area contributed by atoms with E-state index in [9.17, 15) is 4.79 Å². The third kappa shape index (κ3) is 5.87. The fourth-order valence-corrected chi connectivity index (χ4v) is 1.92. The van der Waals surface area contributed by atoms with Crippen LogP contribution in [0.15, 0.2) is 6.07 Å². The van der Waals surface area contributed by atoms with Crippen LogP contribution in [0.2, 0.25) is 0 Å². The molecule has 0 spiro atoms. The van der Waals surface area contributed by atoms with Crippen molar-refractivity contribution in [2.75, 3.05) is 5.32 Å². The predicted octanol–water partition coefficient (Wildman–Crippen LogP) is 2.31.